The number of alkyl halides is 1. The van der Waals surface area contributed by atoms with Gasteiger partial charge in [0, 0.05) is 38.8 Å². The molecule has 0 fully saturated rings. The van der Waals surface area contributed by atoms with E-state index in [-0.39, 0.29) is 0 Å². The van der Waals surface area contributed by atoms with Crippen LogP contribution in [0.15, 0.2) is 72.8 Å². The number of benzene rings is 2. The van der Waals surface area contributed by atoms with Crippen molar-refractivity contribution >= 4 is 62.3 Å². The van der Waals surface area contributed by atoms with E-state index in [1.807, 2.05) is 85.0 Å². The Labute approximate surface area is 268 Å². The number of fused-ring (bicyclic) bond motifs is 8. The number of nitrogens with one attached hydrogen (secondary N) is 2. The van der Waals surface area contributed by atoms with Crippen LogP contribution in [-0.4, -0.2) is 46.8 Å². The van der Waals surface area contributed by atoms with Gasteiger partial charge in [0.25, 0.3) is 0 Å². The van der Waals surface area contributed by atoms with Gasteiger partial charge in [0.15, 0.2) is 11.5 Å². The molecule has 8 nitrogen and oxygen atoms in total. The van der Waals surface area contributed by atoms with Crippen LogP contribution >= 0.6 is 15.9 Å². The van der Waals surface area contributed by atoms with Crippen molar-refractivity contribution in [3.8, 4) is 45.3 Å². The summed E-state index contributed by atoms with van der Waals surface area (Å²) in [5.41, 5.74) is 10.9. The van der Waals surface area contributed by atoms with Crippen molar-refractivity contribution in [2.45, 2.75) is 0 Å². The minimum Gasteiger partial charge on any atom is -0.493 e. The highest BCUT2D eigenvalue weighted by Crippen LogP contribution is 2.46. The largest absolute Gasteiger partial charge is 0.493 e. The molecule has 2 N–H and O–H groups in total. The molecule has 224 valence electrons. The molecule has 5 heterocycles. The fraction of sp³-hybridized carbons (Fsp3) is 0.111. The predicted molar refractivity (Wildman–Crippen MR) is 184 cm³/mol. The van der Waals surface area contributed by atoms with Crippen LogP contribution < -0.4 is 18.9 Å². The van der Waals surface area contributed by atoms with Gasteiger partial charge in [-0.3, -0.25) is 0 Å². The maximum absolute atomic E-state index is 5.94. The van der Waals surface area contributed by atoms with Gasteiger partial charge in [0.1, 0.15) is 11.3 Å². The van der Waals surface area contributed by atoms with Crippen molar-refractivity contribution in [2.75, 3.05) is 26.8 Å². The molecule has 0 unspecified atom stereocenters. The topological polar surface area (TPSA) is 94.3 Å². The first-order valence-corrected chi connectivity index (χ1v) is 15.4. The molecule has 0 atom stereocenters. The van der Waals surface area contributed by atoms with Crippen molar-refractivity contribution in [2.24, 2.45) is 0 Å². The van der Waals surface area contributed by atoms with Crippen LogP contribution in [0.4, 0.5) is 0 Å². The van der Waals surface area contributed by atoms with Gasteiger partial charge in [-0.2, -0.15) is 0 Å². The lowest BCUT2D eigenvalue weighted by atomic mass is 10.0. The second-order valence-corrected chi connectivity index (χ2v) is 10.8. The summed E-state index contributed by atoms with van der Waals surface area (Å²) in [6.07, 6.45) is 8.10. The van der Waals surface area contributed by atoms with E-state index in [4.69, 9.17) is 28.9 Å². The van der Waals surface area contributed by atoms with E-state index in [0.717, 1.165) is 72.8 Å². The zero-order valence-electron chi connectivity index (χ0n) is 24.9. The molecule has 2 aliphatic heterocycles. The minimum atomic E-state index is 0.417. The number of methoxy groups -OCH3 is 3. The van der Waals surface area contributed by atoms with Gasteiger partial charge >= 0.3 is 0 Å². The van der Waals surface area contributed by atoms with Crippen molar-refractivity contribution in [1.29, 1.82) is 0 Å². The molecule has 0 saturated heterocycles. The summed E-state index contributed by atoms with van der Waals surface area (Å²) in [4.78, 5) is 17.2. The Balaban J connectivity index is 1.60. The molecule has 5 aromatic rings. The Kier molecular flexibility index (Phi) is 7.61. The second kappa shape index (κ2) is 12.0. The summed E-state index contributed by atoms with van der Waals surface area (Å²) < 4.78 is 22.9. The van der Waals surface area contributed by atoms with Gasteiger partial charge < -0.3 is 28.9 Å². The number of aromatic amines is 2. The molecule has 2 aromatic carbocycles. The standard InChI is InChI=1S/C36H29BrN4O4/c1-42-32-17-12-27(35(43-2)36(32)44-3)34-30-14-9-25(40-30)19-23-7-6-22(38-23)18-24-8-13-28(39-24)33(29-15-16-31(34)41-29)21-4-10-26(11-5-21)45-20-37/h4-19,39-40H,20H2,1-3H3. The van der Waals surface area contributed by atoms with Gasteiger partial charge in [-0.1, -0.05) is 12.1 Å². The first kappa shape index (κ1) is 28.5. The lowest BCUT2D eigenvalue weighted by Gasteiger charge is -2.16. The summed E-state index contributed by atoms with van der Waals surface area (Å²) in [5, 5.41) is 0. The SMILES string of the molecule is COc1ccc(-c2c3nc(c(-c4ccc(OCBr)cc4)c4ccc(cc5nc(cc6ccc2[nH]6)C=C5)[nH]4)C=C3)c(OC)c1OC. The highest BCUT2D eigenvalue weighted by molar-refractivity contribution is 9.09. The van der Waals surface area contributed by atoms with Crippen LogP contribution in [0.25, 0.3) is 68.6 Å². The van der Waals surface area contributed by atoms with Gasteiger partial charge in [-0.15, -0.1) is 0 Å². The first-order valence-electron chi connectivity index (χ1n) is 14.3. The molecular weight excluding hydrogens is 632 g/mol. The van der Waals surface area contributed by atoms with E-state index >= 15 is 0 Å². The van der Waals surface area contributed by atoms with Crippen LogP contribution in [0.3, 0.4) is 0 Å². The molecule has 9 heteroatoms. The summed E-state index contributed by atoms with van der Waals surface area (Å²) in [5.74, 6) is 2.40. The molecule has 45 heavy (non-hydrogen) atoms. The van der Waals surface area contributed by atoms with Gasteiger partial charge in [-0.25, -0.2) is 9.97 Å². The monoisotopic (exact) mass is 660 g/mol. The Morgan fingerprint density at radius 2 is 1.24 bits per heavy atom. The zero-order chi connectivity index (χ0) is 30.9. The summed E-state index contributed by atoms with van der Waals surface area (Å²) in [6, 6.07) is 24.1. The quantitative estimate of drug-likeness (QED) is 0.166. The minimum absolute atomic E-state index is 0.417. The van der Waals surface area contributed by atoms with Crippen molar-refractivity contribution in [3.05, 3.63) is 95.6 Å². The Bertz CT molecular complexity index is 2150. The van der Waals surface area contributed by atoms with Crippen LogP contribution in [0, 0.1) is 0 Å². The zero-order valence-corrected chi connectivity index (χ0v) is 26.4. The third kappa shape index (κ3) is 5.36. The van der Waals surface area contributed by atoms with E-state index in [0.29, 0.717) is 22.8 Å². The molecule has 2 aliphatic rings. The number of hydrogen-bond acceptors (Lipinski definition) is 6. The molecule has 0 aliphatic carbocycles. The Hall–Kier alpha value is -5.28. The molecule has 0 spiro atoms. The van der Waals surface area contributed by atoms with Crippen LogP contribution in [0.2, 0.25) is 0 Å². The van der Waals surface area contributed by atoms with E-state index in [1.165, 1.54) is 0 Å². The number of H-pyrrole nitrogens is 2. The number of ether oxygens (including phenoxy) is 4. The molecule has 7 rings (SSSR count). The number of halogens is 1. The average Bonchev–Trinajstić information content (AvgIpc) is 3.88. The Morgan fingerprint density at radius 1 is 0.622 bits per heavy atom. The summed E-state index contributed by atoms with van der Waals surface area (Å²) in [7, 11) is 4.84. The van der Waals surface area contributed by atoms with Crippen molar-refractivity contribution in [3.63, 3.8) is 0 Å². The molecule has 3 aromatic heterocycles. The normalized spacial score (nSPS) is 11.9. The van der Waals surface area contributed by atoms with E-state index < -0.39 is 0 Å². The van der Waals surface area contributed by atoms with Crippen LogP contribution in [0.1, 0.15) is 22.8 Å². The van der Waals surface area contributed by atoms with Crippen LogP contribution in [-0.2, 0) is 0 Å². The number of nitrogens with zero attached hydrogens (tertiary/aromatic N) is 2. The maximum atomic E-state index is 5.94. The molecule has 0 amide bonds. The van der Waals surface area contributed by atoms with Crippen molar-refractivity contribution < 1.29 is 18.9 Å². The van der Waals surface area contributed by atoms with E-state index in [1.54, 1.807) is 21.3 Å². The predicted octanol–water partition coefficient (Wildman–Crippen LogP) is 8.75. The summed E-state index contributed by atoms with van der Waals surface area (Å²) in [6.45, 7) is 0. The van der Waals surface area contributed by atoms with Gasteiger partial charge in [-0.05, 0) is 106 Å². The highest BCUT2D eigenvalue weighted by atomic mass is 79.9. The third-order valence-electron chi connectivity index (χ3n) is 7.74. The number of hydrogen-bond donors (Lipinski definition) is 2. The fourth-order valence-corrected chi connectivity index (χ4v) is 6.00. The molecule has 8 bridgehead atoms. The van der Waals surface area contributed by atoms with E-state index in [9.17, 15) is 0 Å². The van der Waals surface area contributed by atoms with Crippen LogP contribution in [0.5, 0.6) is 23.0 Å². The molecule has 0 radical (unpaired) electrons. The first-order chi connectivity index (χ1) is 22.1. The van der Waals surface area contributed by atoms with Crippen molar-refractivity contribution in [1.82, 2.24) is 19.9 Å². The Morgan fingerprint density at radius 3 is 1.84 bits per heavy atom. The average molecular weight is 662 g/mol. The lowest BCUT2D eigenvalue weighted by Crippen LogP contribution is -1.98. The van der Waals surface area contributed by atoms with Gasteiger partial charge in [0.2, 0.25) is 5.75 Å². The number of aromatic nitrogens is 4. The fourth-order valence-electron chi connectivity index (χ4n) is 5.74. The highest BCUT2D eigenvalue weighted by Gasteiger charge is 2.22. The maximum Gasteiger partial charge on any atom is 0.203 e. The second-order valence-electron chi connectivity index (χ2n) is 10.4. The summed E-state index contributed by atoms with van der Waals surface area (Å²) >= 11 is 3.34. The molecular formula is C36H29BrN4O4. The van der Waals surface area contributed by atoms with Gasteiger partial charge in [0.05, 0.1) is 44.1 Å². The lowest BCUT2D eigenvalue weighted by molar-refractivity contribution is 0.325. The third-order valence-corrected chi connectivity index (χ3v) is 7.96. The van der Waals surface area contributed by atoms with E-state index in [2.05, 4.69) is 38.0 Å². The number of rotatable bonds is 7. The molecule has 0 saturated carbocycles. The smallest absolute Gasteiger partial charge is 0.203 e.